The van der Waals surface area contributed by atoms with Crippen molar-refractivity contribution in [2.45, 2.75) is 76.3 Å². The molecule has 6 heteroatoms. The van der Waals surface area contributed by atoms with Crippen LogP contribution in [0.1, 0.15) is 81.4 Å². The highest BCUT2D eigenvalue weighted by Crippen LogP contribution is 2.40. The van der Waals surface area contributed by atoms with Gasteiger partial charge in [-0.05, 0) is 64.5 Å². The second kappa shape index (κ2) is 6.95. The van der Waals surface area contributed by atoms with E-state index in [0.717, 1.165) is 45.3 Å². The molecule has 2 saturated carbocycles. The Morgan fingerprint density at radius 3 is 2.23 bits per heavy atom. The van der Waals surface area contributed by atoms with Gasteiger partial charge in [0.05, 0.1) is 6.54 Å². The fourth-order valence-electron chi connectivity index (χ4n) is 4.87. The monoisotopic (exact) mass is 357 g/mol. The smallest absolute Gasteiger partial charge is 0.225 e. The fourth-order valence-corrected chi connectivity index (χ4v) is 4.87. The third-order valence-electron chi connectivity index (χ3n) is 6.89. The van der Waals surface area contributed by atoms with Gasteiger partial charge < -0.3 is 9.47 Å². The molecule has 1 aromatic heterocycles. The summed E-state index contributed by atoms with van der Waals surface area (Å²) in [6.07, 6.45) is 10.7. The molecule has 0 atom stereocenters. The van der Waals surface area contributed by atoms with Gasteiger partial charge in [0.15, 0.2) is 0 Å². The maximum Gasteiger partial charge on any atom is 0.225 e. The van der Waals surface area contributed by atoms with Gasteiger partial charge in [0.1, 0.15) is 11.6 Å². The van der Waals surface area contributed by atoms with Gasteiger partial charge >= 0.3 is 0 Å². The number of carbonyl (C=O) groups is 1. The first kappa shape index (κ1) is 16.7. The molecule has 0 radical (unpaired) electrons. The summed E-state index contributed by atoms with van der Waals surface area (Å²) in [5.74, 6) is 3.59. The standard InChI is InChI=1S/C20H31N5O/c26-20(16-4-3-5-16)24-12-8-15(9-13-24)19-22-21-18(25(19)17-6-7-17)14-23-10-1-2-11-23/h15-17H,1-14H2. The number of nitrogens with zero attached hydrogens (tertiary/aromatic N) is 5. The summed E-state index contributed by atoms with van der Waals surface area (Å²) >= 11 is 0. The van der Waals surface area contributed by atoms with Crippen LogP contribution in [0, 0.1) is 5.92 Å². The molecule has 3 heterocycles. The molecule has 142 valence electrons. The van der Waals surface area contributed by atoms with E-state index in [-0.39, 0.29) is 0 Å². The average molecular weight is 358 g/mol. The summed E-state index contributed by atoms with van der Waals surface area (Å²) in [5.41, 5.74) is 0. The molecular weight excluding hydrogens is 326 g/mol. The van der Waals surface area contributed by atoms with E-state index >= 15 is 0 Å². The van der Waals surface area contributed by atoms with Crippen LogP contribution in [0.25, 0.3) is 0 Å². The van der Waals surface area contributed by atoms with Crippen molar-refractivity contribution in [3.8, 4) is 0 Å². The third-order valence-corrected chi connectivity index (χ3v) is 6.89. The van der Waals surface area contributed by atoms with E-state index < -0.39 is 0 Å². The second-order valence-corrected chi connectivity index (χ2v) is 8.79. The minimum atomic E-state index is 0.328. The molecule has 2 aliphatic heterocycles. The van der Waals surface area contributed by atoms with Crippen molar-refractivity contribution < 1.29 is 4.79 Å². The first-order valence-corrected chi connectivity index (χ1v) is 10.7. The van der Waals surface area contributed by atoms with Crippen LogP contribution in [0.3, 0.4) is 0 Å². The lowest BCUT2D eigenvalue weighted by atomic mass is 9.83. The molecular formula is C20H31N5O. The highest BCUT2D eigenvalue weighted by atomic mass is 16.2. The highest BCUT2D eigenvalue weighted by Gasteiger charge is 2.36. The zero-order valence-electron chi connectivity index (χ0n) is 15.8. The first-order valence-electron chi connectivity index (χ1n) is 10.7. The lowest BCUT2D eigenvalue weighted by molar-refractivity contribution is -0.139. The molecule has 6 nitrogen and oxygen atoms in total. The van der Waals surface area contributed by atoms with Crippen molar-refractivity contribution in [1.82, 2.24) is 24.6 Å². The van der Waals surface area contributed by atoms with Gasteiger partial charge in [0, 0.05) is 31.0 Å². The zero-order chi connectivity index (χ0) is 17.5. The lowest BCUT2D eigenvalue weighted by Gasteiger charge is -2.36. The van der Waals surface area contributed by atoms with E-state index in [1.165, 1.54) is 56.8 Å². The Kier molecular flexibility index (Phi) is 4.47. The number of aromatic nitrogens is 3. The van der Waals surface area contributed by atoms with Crippen LogP contribution >= 0.6 is 0 Å². The topological polar surface area (TPSA) is 54.3 Å². The van der Waals surface area contributed by atoms with Crippen LogP contribution in [-0.2, 0) is 11.3 Å². The summed E-state index contributed by atoms with van der Waals surface area (Å²) in [6, 6.07) is 0.632. The maximum atomic E-state index is 12.5. The van der Waals surface area contributed by atoms with E-state index in [2.05, 4.69) is 24.6 Å². The van der Waals surface area contributed by atoms with Crippen LogP contribution in [-0.4, -0.2) is 56.7 Å². The predicted octanol–water partition coefficient (Wildman–Crippen LogP) is 2.71. The molecule has 2 aliphatic carbocycles. The Labute approximate surface area is 155 Å². The van der Waals surface area contributed by atoms with Gasteiger partial charge in [-0.3, -0.25) is 9.69 Å². The van der Waals surface area contributed by atoms with E-state index in [0.29, 0.717) is 23.8 Å². The Balaban J connectivity index is 1.26. The Bertz CT molecular complexity index is 649. The molecule has 4 aliphatic rings. The molecule has 0 spiro atoms. The summed E-state index contributed by atoms with van der Waals surface area (Å²) < 4.78 is 2.48. The minimum Gasteiger partial charge on any atom is -0.342 e. The SMILES string of the molecule is O=C(C1CCC1)N1CCC(c2nnc(CN3CCCC3)n2C2CC2)CC1. The molecule has 0 N–H and O–H groups in total. The summed E-state index contributed by atoms with van der Waals surface area (Å²) in [5, 5.41) is 9.27. The normalized spacial score (nSPS) is 25.6. The Morgan fingerprint density at radius 1 is 0.885 bits per heavy atom. The number of likely N-dealkylation sites (tertiary alicyclic amines) is 2. The van der Waals surface area contributed by atoms with Crippen LogP contribution in [0.2, 0.25) is 0 Å². The quantitative estimate of drug-likeness (QED) is 0.813. The molecule has 0 bridgehead atoms. The molecule has 1 amide bonds. The number of carbonyl (C=O) groups excluding carboxylic acids is 1. The van der Waals surface area contributed by atoms with Crippen molar-refractivity contribution in [1.29, 1.82) is 0 Å². The van der Waals surface area contributed by atoms with E-state index in [1.807, 2.05) is 0 Å². The number of hydrogen-bond donors (Lipinski definition) is 0. The number of piperidine rings is 1. The van der Waals surface area contributed by atoms with E-state index in [1.54, 1.807) is 0 Å². The van der Waals surface area contributed by atoms with Gasteiger partial charge in [0.2, 0.25) is 5.91 Å². The van der Waals surface area contributed by atoms with E-state index in [4.69, 9.17) is 0 Å². The molecule has 5 rings (SSSR count). The average Bonchev–Trinajstić information content (AvgIpc) is 3.15. The van der Waals surface area contributed by atoms with Gasteiger partial charge in [-0.2, -0.15) is 0 Å². The number of hydrogen-bond acceptors (Lipinski definition) is 4. The summed E-state index contributed by atoms with van der Waals surface area (Å²) in [4.78, 5) is 17.1. The van der Waals surface area contributed by atoms with Gasteiger partial charge in [-0.25, -0.2) is 0 Å². The highest BCUT2D eigenvalue weighted by molar-refractivity contribution is 5.79. The molecule has 2 saturated heterocycles. The molecule has 26 heavy (non-hydrogen) atoms. The molecule has 1 aromatic rings. The van der Waals surface area contributed by atoms with Crippen molar-refractivity contribution >= 4 is 5.91 Å². The van der Waals surface area contributed by atoms with Crippen LogP contribution in [0.4, 0.5) is 0 Å². The zero-order valence-corrected chi connectivity index (χ0v) is 15.8. The van der Waals surface area contributed by atoms with Crippen LogP contribution in [0.5, 0.6) is 0 Å². The van der Waals surface area contributed by atoms with Crippen molar-refractivity contribution in [2.24, 2.45) is 5.92 Å². The minimum absolute atomic E-state index is 0.328. The molecule has 4 fully saturated rings. The third kappa shape index (κ3) is 3.17. The van der Waals surface area contributed by atoms with Gasteiger partial charge in [-0.1, -0.05) is 6.42 Å². The molecule has 0 unspecified atom stereocenters. The van der Waals surface area contributed by atoms with Crippen LogP contribution in [0.15, 0.2) is 0 Å². The molecule has 0 aromatic carbocycles. The van der Waals surface area contributed by atoms with Crippen LogP contribution < -0.4 is 0 Å². The first-order chi connectivity index (χ1) is 12.8. The van der Waals surface area contributed by atoms with Crippen molar-refractivity contribution in [2.75, 3.05) is 26.2 Å². The summed E-state index contributed by atoms with van der Waals surface area (Å²) in [6.45, 7) is 5.17. The Morgan fingerprint density at radius 2 is 1.62 bits per heavy atom. The van der Waals surface area contributed by atoms with Crippen molar-refractivity contribution in [3.05, 3.63) is 11.6 Å². The number of amides is 1. The maximum absolute atomic E-state index is 12.5. The Hall–Kier alpha value is -1.43. The van der Waals surface area contributed by atoms with Gasteiger partial charge in [0.25, 0.3) is 0 Å². The number of rotatable bonds is 5. The lowest BCUT2D eigenvalue weighted by Crippen LogP contribution is -2.43. The van der Waals surface area contributed by atoms with Crippen molar-refractivity contribution in [3.63, 3.8) is 0 Å². The predicted molar refractivity (Wildman–Crippen MR) is 98.7 cm³/mol. The summed E-state index contributed by atoms with van der Waals surface area (Å²) in [7, 11) is 0. The largest absolute Gasteiger partial charge is 0.342 e. The van der Waals surface area contributed by atoms with Gasteiger partial charge in [-0.15, -0.1) is 10.2 Å². The fraction of sp³-hybridized carbons (Fsp3) is 0.850. The van der Waals surface area contributed by atoms with E-state index in [9.17, 15) is 4.79 Å². The second-order valence-electron chi connectivity index (χ2n) is 8.79.